The summed E-state index contributed by atoms with van der Waals surface area (Å²) in [6, 6.07) is 0. The zero-order valence-electron chi connectivity index (χ0n) is 13.0. The molecule has 4 nitrogen and oxygen atoms in total. The van der Waals surface area contributed by atoms with Crippen LogP contribution in [0.3, 0.4) is 0 Å². The first-order valence-corrected chi connectivity index (χ1v) is 7.74. The number of aromatic nitrogens is 2. The van der Waals surface area contributed by atoms with Crippen molar-refractivity contribution in [1.82, 2.24) is 14.7 Å². The summed E-state index contributed by atoms with van der Waals surface area (Å²) < 4.78 is 1.90. The van der Waals surface area contributed by atoms with Gasteiger partial charge < -0.3 is 4.90 Å². The first kappa shape index (κ1) is 13.7. The van der Waals surface area contributed by atoms with Gasteiger partial charge in [0, 0.05) is 37.8 Å². The van der Waals surface area contributed by atoms with Crippen molar-refractivity contribution in [3.05, 3.63) is 17.0 Å². The molecule has 2 aliphatic rings. The van der Waals surface area contributed by atoms with Gasteiger partial charge in [0.15, 0.2) is 0 Å². The van der Waals surface area contributed by atoms with E-state index in [1.165, 1.54) is 31.2 Å². The highest BCUT2D eigenvalue weighted by Gasteiger charge is 2.55. The van der Waals surface area contributed by atoms with Gasteiger partial charge in [-0.2, -0.15) is 5.10 Å². The first-order chi connectivity index (χ1) is 9.50. The van der Waals surface area contributed by atoms with E-state index in [1.54, 1.807) is 0 Å². The van der Waals surface area contributed by atoms with Crippen molar-refractivity contribution in [2.45, 2.75) is 46.1 Å². The van der Waals surface area contributed by atoms with Gasteiger partial charge >= 0.3 is 0 Å². The fourth-order valence-electron chi connectivity index (χ4n) is 3.97. The monoisotopic (exact) mass is 275 g/mol. The van der Waals surface area contributed by atoms with Crippen LogP contribution in [0.15, 0.2) is 0 Å². The molecule has 110 valence electrons. The number of aryl methyl sites for hydroxylation is 2. The van der Waals surface area contributed by atoms with Crippen LogP contribution in [0.4, 0.5) is 0 Å². The van der Waals surface area contributed by atoms with Crippen molar-refractivity contribution in [2.75, 3.05) is 7.05 Å². The number of hydrogen-bond acceptors (Lipinski definition) is 2. The summed E-state index contributed by atoms with van der Waals surface area (Å²) >= 11 is 0. The van der Waals surface area contributed by atoms with E-state index < -0.39 is 0 Å². The number of nitrogens with zero attached hydrogens (tertiary/aromatic N) is 3. The zero-order chi connectivity index (χ0) is 14.4. The lowest BCUT2D eigenvalue weighted by Gasteiger charge is -2.18. The molecule has 2 aliphatic carbocycles. The average Bonchev–Trinajstić information content (AvgIpc) is 3.11. The molecule has 2 saturated carbocycles. The molecule has 0 spiro atoms. The van der Waals surface area contributed by atoms with Crippen LogP contribution in [0.5, 0.6) is 0 Å². The van der Waals surface area contributed by atoms with Crippen LogP contribution in [-0.4, -0.2) is 27.6 Å². The molecule has 4 heteroatoms. The highest BCUT2D eigenvalue weighted by Crippen LogP contribution is 2.56. The van der Waals surface area contributed by atoms with E-state index in [1.807, 2.05) is 30.6 Å². The average molecular weight is 275 g/mol. The molecule has 1 aromatic rings. The van der Waals surface area contributed by atoms with Gasteiger partial charge in [-0.25, -0.2) is 0 Å². The largest absolute Gasteiger partial charge is 0.341 e. The first-order valence-electron chi connectivity index (χ1n) is 7.74. The second kappa shape index (κ2) is 4.90. The Balaban J connectivity index is 1.67. The predicted molar refractivity (Wildman–Crippen MR) is 78.1 cm³/mol. The van der Waals surface area contributed by atoms with Crippen molar-refractivity contribution < 1.29 is 4.79 Å². The van der Waals surface area contributed by atoms with Crippen molar-refractivity contribution in [3.8, 4) is 0 Å². The van der Waals surface area contributed by atoms with Gasteiger partial charge in [0.05, 0.1) is 5.69 Å². The summed E-state index contributed by atoms with van der Waals surface area (Å²) in [7, 11) is 3.90. The molecule has 2 fully saturated rings. The van der Waals surface area contributed by atoms with Crippen LogP contribution in [0.25, 0.3) is 0 Å². The smallest absolute Gasteiger partial charge is 0.226 e. The Morgan fingerprint density at radius 2 is 1.90 bits per heavy atom. The van der Waals surface area contributed by atoms with E-state index in [0.717, 1.165) is 11.4 Å². The summed E-state index contributed by atoms with van der Waals surface area (Å²) in [5.41, 5.74) is 3.40. The summed E-state index contributed by atoms with van der Waals surface area (Å²) in [6.07, 6.45) is 5.16. The van der Waals surface area contributed by atoms with Crippen LogP contribution >= 0.6 is 0 Å². The SMILES string of the molecule is Cc1nn(C)c(C)c1CN(C)C(=O)C1[C@H]2CCCC[C@@H]12. The van der Waals surface area contributed by atoms with E-state index >= 15 is 0 Å². The molecular weight excluding hydrogens is 250 g/mol. The highest BCUT2D eigenvalue weighted by molar-refractivity contribution is 5.82. The Labute approximate surface area is 121 Å². The number of fused-ring (bicyclic) bond motifs is 1. The minimum absolute atomic E-state index is 0.319. The van der Waals surface area contributed by atoms with Gasteiger partial charge in [-0.15, -0.1) is 0 Å². The molecule has 0 bridgehead atoms. The van der Waals surface area contributed by atoms with Crippen LogP contribution in [-0.2, 0) is 18.4 Å². The molecule has 0 aliphatic heterocycles. The second-order valence-corrected chi connectivity index (χ2v) is 6.61. The molecule has 20 heavy (non-hydrogen) atoms. The van der Waals surface area contributed by atoms with Crippen LogP contribution in [0, 0.1) is 31.6 Å². The van der Waals surface area contributed by atoms with Crippen molar-refractivity contribution in [3.63, 3.8) is 0 Å². The minimum Gasteiger partial charge on any atom is -0.341 e. The quantitative estimate of drug-likeness (QED) is 0.849. The Hall–Kier alpha value is -1.32. The fraction of sp³-hybridized carbons (Fsp3) is 0.750. The molecule has 3 atom stereocenters. The molecule has 1 unspecified atom stereocenters. The van der Waals surface area contributed by atoms with E-state index in [9.17, 15) is 4.79 Å². The third kappa shape index (κ3) is 2.15. The maximum absolute atomic E-state index is 12.6. The fourth-order valence-corrected chi connectivity index (χ4v) is 3.97. The topological polar surface area (TPSA) is 38.1 Å². The molecule has 1 heterocycles. The summed E-state index contributed by atoms with van der Waals surface area (Å²) in [6.45, 7) is 4.79. The van der Waals surface area contributed by atoms with E-state index in [0.29, 0.717) is 30.2 Å². The molecule has 3 rings (SSSR count). The van der Waals surface area contributed by atoms with Gasteiger partial charge in [0.2, 0.25) is 5.91 Å². The number of rotatable bonds is 3. The Kier molecular flexibility index (Phi) is 3.35. The lowest BCUT2D eigenvalue weighted by Crippen LogP contribution is -2.29. The van der Waals surface area contributed by atoms with Crippen molar-refractivity contribution in [2.24, 2.45) is 24.8 Å². The van der Waals surface area contributed by atoms with E-state index in [2.05, 4.69) is 12.0 Å². The molecule has 1 amide bonds. The molecule has 0 aromatic carbocycles. The van der Waals surface area contributed by atoms with Crippen molar-refractivity contribution in [1.29, 1.82) is 0 Å². The number of carbonyl (C=O) groups is 1. The minimum atomic E-state index is 0.319. The van der Waals surface area contributed by atoms with E-state index in [-0.39, 0.29) is 0 Å². The molecule has 0 radical (unpaired) electrons. The maximum atomic E-state index is 12.6. The highest BCUT2D eigenvalue weighted by atomic mass is 16.2. The van der Waals surface area contributed by atoms with Crippen molar-refractivity contribution >= 4 is 5.91 Å². The van der Waals surface area contributed by atoms with Crippen LogP contribution in [0.1, 0.15) is 42.6 Å². The summed E-state index contributed by atoms with van der Waals surface area (Å²) in [5, 5.41) is 4.43. The summed E-state index contributed by atoms with van der Waals surface area (Å²) in [4.78, 5) is 14.5. The molecule has 1 aromatic heterocycles. The van der Waals surface area contributed by atoms with Gasteiger partial charge in [0.25, 0.3) is 0 Å². The molecule has 0 saturated heterocycles. The van der Waals surface area contributed by atoms with E-state index in [4.69, 9.17) is 0 Å². The maximum Gasteiger partial charge on any atom is 0.226 e. The lowest BCUT2D eigenvalue weighted by atomic mass is 10.0. The number of carbonyl (C=O) groups excluding carboxylic acids is 1. The third-order valence-electron chi connectivity index (χ3n) is 5.37. The molecular formula is C16H25N3O. The standard InChI is InChI=1S/C16H25N3O/c1-10-14(11(2)19(4)17-10)9-18(3)16(20)15-12-7-5-6-8-13(12)15/h12-13,15H,5-9H2,1-4H3/t12-,13+,15?. The predicted octanol–water partition coefficient (Wildman–Crippen LogP) is 2.43. The van der Waals surface area contributed by atoms with Gasteiger partial charge in [-0.1, -0.05) is 12.8 Å². The Morgan fingerprint density at radius 3 is 2.40 bits per heavy atom. The third-order valence-corrected chi connectivity index (χ3v) is 5.37. The number of amides is 1. The Morgan fingerprint density at radius 1 is 1.30 bits per heavy atom. The zero-order valence-corrected chi connectivity index (χ0v) is 13.0. The lowest BCUT2D eigenvalue weighted by molar-refractivity contribution is -0.132. The normalized spacial score (nSPS) is 28.1. The summed E-state index contributed by atoms with van der Waals surface area (Å²) in [5.74, 6) is 2.05. The van der Waals surface area contributed by atoms with Gasteiger partial charge in [-0.05, 0) is 38.5 Å². The van der Waals surface area contributed by atoms with Gasteiger partial charge in [0.1, 0.15) is 0 Å². The number of hydrogen-bond donors (Lipinski definition) is 0. The van der Waals surface area contributed by atoms with Crippen LogP contribution in [0.2, 0.25) is 0 Å². The van der Waals surface area contributed by atoms with Gasteiger partial charge in [-0.3, -0.25) is 9.48 Å². The second-order valence-electron chi connectivity index (χ2n) is 6.61. The Bertz CT molecular complexity index is 522. The van der Waals surface area contributed by atoms with Crippen LogP contribution < -0.4 is 0 Å². The molecule has 0 N–H and O–H groups in total.